The fourth-order valence-corrected chi connectivity index (χ4v) is 2.36. The first-order valence-corrected chi connectivity index (χ1v) is 7.87. The lowest BCUT2D eigenvalue weighted by Gasteiger charge is -2.27. The van der Waals surface area contributed by atoms with Crippen LogP contribution in [0.25, 0.3) is 0 Å². The Balaban J connectivity index is 0. The first kappa shape index (κ1) is 26.0. The Bertz CT molecular complexity index is 497. The molecule has 2 aliphatic heterocycles. The summed E-state index contributed by atoms with van der Waals surface area (Å²) >= 11 is 0. The number of nitrogens with two attached hydrogens (primary N) is 2. The van der Waals surface area contributed by atoms with E-state index < -0.39 is 11.6 Å². The van der Waals surface area contributed by atoms with Crippen LogP contribution in [0.15, 0.2) is 0 Å². The molecule has 12 N–H and O–H groups in total. The third-order valence-corrected chi connectivity index (χ3v) is 3.74. The highest BCUT2D eigenvalue weighted by Gasteiger charge is 2.50. The molecule has 0 bridgehead atoms. The molecule has 2 saturated heterocycles. The number of imide groups is 2. The van der Waals surface area contributed by atoms with Gasteiger partial charge >= 0.3 is 12.1 Å². The monoisotopic (exact) mass is 376 g/mol. The number of hydrogen-bond acceptors (Lipinski definition) is 8. The van der Waals surface area contributed by atoms with Crippen molar-refractivity contribution in [3.05, 3.63) is 0 Å². The molecular weight excluding hydrogens is 344 g/mol. The van der Waals surface area contributed by atoms with Gasteiger partial charge < -0.3 is 34.0 Å². The number of hydrogen-bond donors (Lipinski definition) is 6. The maximum atomic E-state index is 12.1. The van der Waals surface area contributed by atoms with E-state index in [0.29, 0.717) is 39.0 Å². The molecule has 0 aromatic heterocycles. The van der Waals surface area contributed by atoms with Crippen molar-refractivity contribution in [3.8, 4) is 0 Å². The van der Waals surface area contributed by atoms with E-state index in [9.17, 15) is 19.2 Å². The minimum atomic E-state index is -0.763. The number of rotatable bonds is 6. The molecule has 0 spiro atoms. The Kier molecular flexibility index (Phi) is 11.3. The van der Waals surface area contributed by atoms with Crippen LogP contribution in [0.4, 0.5) is 9.59 Å². The Morgan fingerprint density at radius 1 is 1.00 bits per heavy atom. The van der Waals surface area contributed by atoms with Crippen molar-refractivity contribution < 1.29 is 19.2 Å². The molecule has 2 heterocycles. The van der Waals surface area contributed by atoms with Crippen molar-refractivity contribution in [3.63, 3.8) is 0 Å². The summed E-state index contributed by atoms with van der Waals surface area (Å²) in [5, 5.41) is 4.30. The molecule has 0 unspecified atom stereocenters. The van der Waals surface area contributed by atoms with E-state index in [2.05, 4.69) is 5.32 Å². The fourth-order valence-electron chi connectivity index (χ4n) is 2.36. The second-order valence-corrected chi connectivity index (χ2v) is 5.97. The largest absolute Gasteiger partial charge is 0.344 e. The molecule has 0 atom stereocenters. The summed E-state index contributed by atoms with van der Waals surface area (Å²) in [6.07, 6.45) is 1.34. The lowest BCUT2D eigenvalue weighted by Crippen LogP contribution is -2.45. The quantitative estimate of drug-likeness (QED) is 0.311. The van der Waals surface area contributed by atoms with Gasteiger partial charge in [-0.25, -0.2) is 9.59 Å². The number of nitrogens with one attached hydrogen (secondary N) is 2. The average Bonchev–Trinajstić information content (AvgIpc) is 2.97. The Labute approximate surface area is 153 Å². The maximum Gasteiger partial charge on any atom is 0.327 e. The molecule has 2 rings (SSSR count). The van der Waals surface area contributed by atoms with Crippen LogP contribution >= 0.6 is 0 Å². The smallest absolute Gasteiger partial charge is 0.327 e. The number of carbonyl (C=O) groups excluding carboxylic acids is 4. The van der Waals surface area contributed by atoms with Gasteiger partial charge in [-0.15, -0.1) is 0 Å². The predicted molar refractivity (Wildman–Crippen MR) is 96.8 cm³/mol. The zero-order valence-electron chi connectivity index (χ0n) is 15.5. The summed E-state index contributed by atoms with van der Waals surface area (Å²) in [6.45, 7) is 5.57. The molecule has 6 amide bonds. The topological polar surface area (TPSA) is 221 Å². The van der Waals surface area contributed by atoms with Gasteiger partial charge in [0.25, 0.3) is 5.91 Å². The highest BCUT2D eigenvalue weighted by Crippen LogP contribution is 2.27. The van der Waals surface area contributed by atoms with Crippen molar-refractivity contribution in [2.75, 3.05) is 32.7 Å². The Hall–Kier alpha value is -2.28. The minimum absolute atomic E-state index is 0. The fraction of sp³-hybridized carbons (Fsp3) is 0.714. The standard InChI is InChI=1S/C11H22N4O2.C3H4N2O2.2H3N/c1-11(2)9(16)14(7-3-5-12)10(17)15(11)8-4-6-13;6-2-1-4-3(7)5-2;;/h3-8,12-13H2,1-2H3;1H2,(H2,4,5,6,7);2*1H3. The highest BCUT2D eigenvalue weighted by atomic mass is 16.2. The van der Waals surface area contributed by atoms with E-state index in [1.807, 2.05) is 5.32 Å². The normalized spacial score (nSPS) is 17.7. The van der Waals surface area contributed by atoms with E-state index in [1.165, 1.54) is 4.90 Å². The van der Waals surface area contributed by atoms with Crippen molar-refractivity contribution in [2.45, 2.75) is 32.2 Å². The van der Waals surface area contributed by atoms with Crippen molar-refractivity contribution in [2.24, 2.45) is 11.5 Å². The van der Waals surface area contributed by atoms with Gasteiger partial charge in [0.2, 0.25) is 5.91 Å². The first-order valence-electron chi connectivity index (χ1n) is 7.87. The van der Waals surface area contributed by atoms with Gasteiger partial charge in [0.15, 0.2) is 0 Å². The number of carbonyl (C=O) groups is 4. The first-order chi connectivity index (χ1) is 11.3. The van der Waals surface area contributed by atoms with Gasteiger partial charge in [-0.2, -0.15) is 0 Å². The zero-order valence-corrected chi connectivity index (χ0v) is 15.5. The third kappa shape index (κ3) is 6.22. The van der Waals surface area contributed by atoms with Gasteiger partial charge in [-0.3, -0.25) is 19.8 Å². The summed E-state index contributed by atoms with van der Waals surface area (Å²) in [5.41, 5.74) is 10.1. The molecule has 26 heavy (non-hydrogen) atoms. The van der Waals surface area contributed by atoms with Crippen LogP contribution in [0.3, 0.4) is 0 Å². The van der Waals surface area contributed by atoms with Crippen molar-refractivity contribution in [1.82, 2.24) is 32.7 Å². The van der Waals surface area contributed by atoms with Crippen LogP contribution in [0.2, 0.25) is 0 Å². The summed E-state index contributed by atoms with van der Waals surface area (Å²) in [6, 6.07) is -0.619. The molecule has 2 aliphatic rings. The summed E-state index contributed by atoms with van der Waals surface area (Å²) in [4.78, 5) is 47.2. The number of nitrogens with zero attached hydrogens (tertiary/aromatic N) is 2. The molecule has 12 heteroatoms. The molecule has 0 aromatic rings. The molecule has 2 fully saturated rings. The lowest BCUT2D eigenvalue weighted by atomic mass is 10.0. The second kappa shape index (κ2) is 11.4. The lowest BCUT2D eigenvalue weighted by molar-refractivity contribution is -0.131. The van der Waals surface area contributed by atoms with E-state index >= 15 is 0 Å². The van der Waals surface area contributed by atoms with Crippen molar-refractivity contribution in [1.29, 1.82) is 0 Å². The number of amides is 6. The van der Waals surface area contributed by atoms with Gasteiger partial charge in [0.1, 0.15) is 5.54 Å². The van der Waals surface area contributed by atoms with Gasteiger partial charge in [0, 0.05) is 13.1 Å². The van der Waals surface area contributed by atoms with Crippen LogP contribution in [-0.4, -0.2) is 71.9 Å². The van der Waals surface area contributed by atoms with Crippen LogP contribution < -0.4 is 34.4 Å². The van der Waals surface area contributed by atoms with Gasteiger partial charge in [-0.1, -0.05) is 0 Å². The Morgan fingerprint density at radius 2 is 1.54 bits per heavy atom. The molecule has 0 aromatic carbocycles. The molecule has 152 valence electrons. The van der Waals surface area contributed by atoms with Crippen LogP contribution in [0.1, 0.15) is 26.7 Å². The maximum absolute atomic E-state index is 12.1. The highest BCUT2D eigenvalue weighted by molar-refractivity contribution is 6.06. The van der Waals surface area contributed by atoms with E-state index in [4.69, 9.17) is 11.5 Å². The third-order valence-electron chi connectivity index (χ3n) is 3.74. The van der Waals surface area contributed by atoms with Crippen LogP contribution in [0.5, 0.6) is 0 Å². The van der Waals surface area contributed by atoms with E-state index in [1.54, 1.807) is 18.7 Å². The van der Waals surface area contributed by atoms with Gasteiger partial charge in [0.05, 0.1) is 6.54 Å². The van der Waals surface area contributed by atoms with E-state index in [0.717, 1.165) is 0 Å². The summed E-state index contributed by atoms with van der Waals surface area (Å²) in [7, 11) is 0. The second-order valence-electron chi connectivity index (χ2n) is 5.97. The van der Waals surface area contributed by atoms with E-state index in [-0.39, 0.29) is 36.7 Å². The minimum Gasteiger partial charge on any atom is -0.344 e. The average molecular weight is 376 g/mol. The molecule has 12 nitrogen and oxygen atoms in total. The Morgan fingerprint density at radius 3 is 1.92 bits per heavy atom. The SMILES string of the molecule is CC1(C)C(=O)N(CCCN)C(=O)N1CCCN.N.N.O=C1CNC(=O)N1. The summed E-state index contributed by atoms with van der Waals surface area (Å²) < 4.78 is 0. The molecule has 0 radical (unpaired) electrons. The summed E-state index contributed by atoms with van der Waals surface area (Å²) in [5.74, 6) is -0.405. The van der Waals surface area contributed by atoms with Gasteiger partial charge in [-0.05, 0) is 39.8 Å². The molecule has 0 aliphatic carbocycles. The number of urea groups is 2. The predicted octanol–water partition coefficient (Wildman–Crippen LogP) is -1.12. The van der Waals surface area contributed by atoms with Crippen LogP contribution in [-0.2, 0) is 9.59 Å². The molecular formula is C14H32N8O4. The molecule has 0 saturated carbocycles. The zero-order chi connectivity index (χ0) is 18.3. The van der Waals surface area contributed by atoms with Crippen LogP contribution in [0, 0.1) is 0 Å². The van der Waals surface area contributed by atoms with Crippen molar-refractivity contribution >= 4 is 23.9 Å².